The molecule has 3 rings (SSSR count). The van der Waals surface area contributed by atoms with E-state index in [1.807, 2.05) is 31.7 Å². The first-order valence-electron chi connectivity index (χ1n) is 10.6. The Morgan fingerprint density at radius 1 is 1.23 bits per heavy atom. The Hall–Kier alpha value is -2.65. The van der Waals surface area contributed by atoms with Gasteiger partial charge in [-0.3, -0.25) is 9.52 Å². The van der Waals surface area contributed by atoms with E-state index in [9.17, 15) is 13.2 Å². The molecule has 9 heteroatoms. The highest BCUT2D eigenvalue weighted by atomic mass is 32.2. The second-order valence-electron chi connectivity index (χ2n) is 7.99. The summed E-state index contributed by atoms with van der Waals surface area (Å²) in [4.78, 5) is 19.3. The van der Waals surface area contributed by atoms with Gasteiger partial charge in [0.1, 0.15) is 0 Å². The van der Waals surface area contributed by atoms with Gasteiger partial charge < -0.3 is 15.5 Å². The van der Waals surface area contributed by atoms with Crippen LogP contribution >= 0.6 is 0 Å². The van der Waals surface area contributed by atoms with Crippen molar-refractivity contribution >= 4 is 27.4 Å². The number of benzene rings is 1. The number of aromatic nitrogens is 1. The molecule has 31 heavy (non-hydrogen) atoms. The summed E-state index contributed by atoms with van der Waals surface area (Å²) >= 11 is 0. The summed E-state index contributed by atoms with van der Waals surface area (Å²) in [5, 5.41) is 6.18. The molecule has 0 saturated carbocycles. The lowest BCUT2D eigenvalue weighted by atomic mass is 10.2. The van der Waals surface area contributed by atoms with Gasteiger partial charge in [0.25, 0.3) is 15.9 Å². The van der Waals surface area contributed by atoms with Crippen molar-refractivity contribution in [2.75, 3.05) is 35.8 Å². The molecule has 1 amide bonds. The average Bonchev–Trinajstić information content (AvgIpc) is 2.73. The van der Waals surface area contributed by atoms with Crippen LogP contribution in [0.4, 0.5) is 11.5 Å². The van der Waals surface area contributed by atoms with Crippen LogP contribution in [0.25, 0.3) is 0 Å². The summed E-state index contributed by atoms with van der Waals surface area (Å²) in [6, 6.07) is 6.79. The van der Waals surface area contributed by atoms with Crippen LogP contribution in [0.5, 0.6) is 0 Å². The van der Waals surface area contributed by atoms with Gasteiger partial charge in [-0.1, -0.05) is 24.6 Å². The van der Waals surface area contributed by atoms with E-state index in [1.165, 1.54) is 6.20 Å². The molecule has 0 aliphatic carbocycles. The number of pyridine rings is 1. The average molecular weight is 446 g/mol. The number of hydrogen-bond donors (Lipinski definition) is 3. The van der Waals surface area contributed by atoms with Gasteiger partial charge in [-0.05, 0) is 44.9 Å². The van der Waals surface area contributed by atoms with Gasteiger partial charge in [0, 0.05) is 38.4 Å². The van der Waals surface area contributed by atoms with Crippen LogP contribution in [0, 0.1) is 13.8 Å². The van der Waals surface area contributed by atoms with Crippen LogP contribution < -0.4 is 20.3 Å². The maximum absolute atomic E-state index is 13.2. The Bertz CT molecular complexity index is 1050. The summed E-state index contributed by atoms with van der Waals surface area (Å²) in [6.07, 6.45) is 2.30. The van der Waals surface area contributed by atoms with Gasteiger partial charge in [-0.2, -0.15) is 0 Å². The van der Waals surface area contributed by atoms with Gasteiger partial charge in [-0.15, -0.1) is 0 Å². The second kappa shape index (κ2) is 9.65. The van der Waals surface area contributed by atoms with Crippen molar-refractivity contribution in [1.82, 2.24) is 15.6 Å². The second-order valence-corrected chi connectivity index (χ2v) is 9.64. The molecular formula is C22H31N5O3S. The predicted octanol–water partition coefficient (Wildman–Crippen LogP) is 2.44. The highest BCUT2D eigenvalue weighted by Crippen LogP contribution is 2.28. The molecule has 1 aliphatic heterocycles. The zero-order valence-electron chi connectivity index (χ0n) is 18.5. The highest BCUT2D eigenvalue weighted by molar-refractivity contribution is 7.92. The van der Waals surface area contributed by atoms with E-state index in [-0.39, 0.29) is 16.8 Å². The van der Waals surface area contributed by atoms with E-state index in [0.717, 1.165) is 25.1 Å². The maximum Gasteiger partial charge on any atom is 0.262 e. The third kappa shape index (κ3) is 5.54. The van der Waals surface area contributed by atoms with E-state index in [4.69, 9.17) is 0 Å². The molecule has 0 spiro atoms. The summed E-state index contributed by atoms with van der Waals surface area (Å²) in [6.45, 7) is 10.6. The molecule has 1 aliphatic rings. The number of sulfonamides is 1. The molecule has 1 unspecified atom stereocenters. The minimum atomic E-state index is -3.86. The number of aryl methyl sites for hydroxylation is 2. The first kappa shape index (κ1) is 23.0. The largest absolute Gasteiger partial charge is 0.352 e. The normalized spacial score (nSPS) is 15.4. The molecule has 168 valence electrons. The summed E-state index contributed by atoms with van der Waals surface area (Å²) in [5.74, 6) is 0.246. The Balaban J connectivity index is 1.99. The fourth-order valence-corrected chi connectivity index (χ4v) is 4.77. The Morgan fingerprint density at radius 3 is 2.58 bits per heavy atom. The molecule has 1 saturated heterocycles. The van der Waals surface area contributed by atoms with E-state index in [0.29, 0.717) is 35.7 Å². The fraction of sp³-hybridized carbons (Fsp3) is 0.455. The smallest absolute Gasteiger partial charge is 0.262 e. The lowest BCUT2D eigenvalue weighted by Gasteiger charge is -2.30. The molecule has 2 heterocycles. The molecular weight excluding hydrogens is 414 g/mol. The minimum Gasteiger partial charge on any atom is -0.352 e. The number of piperazine rings is 1. The molecule has 1 atom stereocenters. The predicted molar refractivity (Wildman–Crippen MR) is 123 cm³/mol. The van der Waals surface area contributed by atoms with Gasteiger partial charge in [0.05, 0.1) is 16.1 Å². The van der Waals surface area contributed by atoms with E-state index < -0.39 is 10.0 Å². The van der Waals surface area contributed by atoms with E-state index in [1.54, 1.807) is 25.1 Å². The molecule has 0 bridgehead atoms. The number of hydrogen-bond acceptors (Lipinski definition) is 6. The number of carbonyl (C=O) groups excluding carboxylic acids is 1. The molecule has 3 N–H and O–H groups in total. The molecule has 1 fully saturated rings. The number of carbonyl (C=O) groups is 1. The maximum atomic E-state index is 13.2. The minimum absolute atomic E-state index is 0.00990. The first-order valence-corrected chi connectivity index (χ1v) is 12.1. The number of nitrogens with zero attached hydrogens (tertiary/aromatic N) is 2. The third-order valence-electron chi connectivity index (χ3n) is 5.40. The lowest BCUT2D eigenvalue weighted by Crippen LogP contribution is -2.44. The van der Waals surface area contributed by atoms with Gasteiger partial charge in [0.15, 0.2) is 5.82 Å². The summed E-state index contributed by atoms with van der Waals surface area (Å²) in [7, 11) is -3.86. The zero-order valence-corrected chi connectivity index (χ0v) is 19.3. The van der Waals surface area contributed by atoms with Crippen molar-refractivity contribution in [1.29, 1.82) is 0 Å². The van der Waals surface area contributed by atoms with Crippen molar-refractivity contribution in [3.05, 3.63) is 47.2 Å². The van der Waals surface area contributed by atoms with Gasteiger partial charge in [-0.25, -0.2) is 13.4 Å². The van der Waals surface area contributed by atoms with Crippen molar-refractivity contribution < 1.29 is 13.2 Å². The molecule has 1 aromatic carbocycles. The van der Waals surface area contributed by atoms with E-state index >= 15 is 0 Å². The van der Waals surface area contributed by atoms with E-state index in [2.05, 4.69) is 20.3 Å². The van der Waals surface area contributed by atoms with Crippen LogP contribution in [-0.2, 0) is 10.0 Å². The fourth-order valence-electron chi connectivity index (χ4n) is 3.50. The lowest BCUT2D eigenvalue weighted by molar-refractivity contribution is 0.0939. The summed E-state index contributed by atoms with van der Waals surface area (Å²) < 4.78 is 29.1. The van der Waals surface area contributed by atoms with Crippen LogP contribution in [-0.4, -0.2) is 51.5 Å². The van der Waals surface area contributed by atoms with Crippen LogP contribution in [0.2, 0.25) is 0 Å². The summed E-state index contributed by atoms with van der Waals surface area (Å²) in [5.41, 5.74) is 2.27. The highest BCUT2D eigenvalue weighted by Gasteiger charge is 2.23. The first-order chi connectivity index (χ1) is 14.7. The van der Waals surface area contributed by atoms with Crippen molar-refractivity contribution in [2.24, 2.45) is 0 Å². The molecule has 0 radical (unpaired) electrons. The van der Waals surface area contributed by atoms with Crippen LogP contribution in [0.3, 0.4) is 0 Å². The Morgan fingerprint density at radius 2 is 1.94 bits per heavy atom. The van der Waals surface area contributed by atoms with Crippen molar-refractivity contribution in [2.45, 2.75) is 45.1 Å². The number of amides is 1. The number of nitrogens with one attached hydrogen (secondary N) is 3. The Kier molecular flexibility index (Phi) is 7.17. The molecule has 8 nitrogen and oxygen atoms in total. The quantitative estimate of drug-likeness (QED) is 0.605. The molecule has 1 aromatic heterocycles. The number of anilines is 2. The standard InChI is InChI=1S/C22H31N5O3S/c1-5-17(4)25-22(28)18-13-19(21(24-14-18)27-10-8-23-9-11-27)26-31(29,30)20-7-6-15(2)12-16(20)3/h6-7,12-14,17,23,26H,5,8-11H2,1-4H3,(H,25,28). The van der Waals surface area contributed by atoms with Crippen molar-refractivity contribution in [3.8, 4) is 0 Å². The van der Waals surface area contributed by atoms with Gasteiger partial charge in [0.2, 0.25) is 0 Å². The Labute approximate surface area is 184 Å². The molecule has 2 aromatic rings. The number of rotatable bonds is 7. The third-order valence-corrected chi connectivity index (χ3v) is 6.93. The van der Waals surface area contributed by atoms with Gasteiger partial charge >= 0.3 is 0 Å². The van der Waals surface area contributed by atoms with Crippen LogP contribution in [0.1, 0.15) is 41.8 Å². The van der Waals surface area contributed by atoms with Crippen LogP contribution in [0.15, 0.2) is 35.4 Å². The topological polar surface area (TPSA) is 103 Å². The zero-order chi connectivity index (χ0) is 22.6. The monoisotopic (exact) mass is 445 g/mol. The SMILES string of the molecule is CCC(C)NC(=O)c1cnc(N2CCNCC2)c(NS(=O)(=O)c2ccc(C)cc2C)c1. The van der Waals surface area contributed by atoms with Crippen molar-refractivity contribution in [3.63, 3.8) is 0 Å².